The molecule has 20 heavy (non-hydrogen) atoms. The highest BCUT2D eigenvalue weighted by atomic mass is 32.2. The van der Waals surface area contributed by atoms with E-state index in [-0.39, 0.29) is 10.5 Å². The molecule has 0 aliphatic rings. The van der Waals surface area contributed by atoms with E-state index in [2.05, 4.69) is 0 Å². The minimum Gasteiger partial charge on any atom is -0.480 e. The quantitative estimate of drug-likeness (QED) is 0.896. The van der Waals surface area contributed by atoms with Gasteiger partial charge in [0.2, 0.25) is 0 Å². The standard InChI is InChI=1S/C13H17NO5S/c1-13(2,12(16)17)14(3)11(15)9-5-7-10(8-6-9)20(4,18)19/h5-8H,1-4H3,(H,16,17). The molecular formula is C13H17NO5S. The number of benzene rings is 1. The Balaban J connectivity index is 3.08. The molecule has 1 aromatic rings. The van der Waals surface area contributed by atoms with E-state index in [9.17, 15) is 18.0 Å². The van der Waals surface area contributed by atoms with Crippen molar-refractivity contribution in [2.24, 2.45) is 0 Å². The molecule has 0 aliphatic carbocycles. The molecule has 0 saturated carbocycles. The van der Waals surface area contributed by atoms with E-state index in [1.807, 2.05) is 0 Å². The first-order chi connectivity index (χ1) is 8.98. The van der Waals surface area contributed by atoms with Crippen LogP contribution < -0.4 is 0 Å². The van der Waals surface area contributed by atoms with Crippen molar-refractivity contribution in [3.8, 4) is 0 Å². The Bertz CT molecular complexity index is 631. The molecule has 1 N–H and O–H groups in total. The highest BCUT2D eigenvalue weighted by molar-refractivity contribution is 7.90. The highest BCUT2D eigenvalue weighted by Crippen LogP contribution is 2.17. The summed E-state index contributed by atoms with van der Waals surface area (Å²) in [6, 6.07) is 5.38. The third-order valence-corrected chi connectivity index (χ3v) is 4.32. The van der Waals surface area contributed by atoms with Gasteiger partial charge in [0.1, 0.15) is 5.54 Å². The van der Waals surface area contributed by atoms with Gasteiger partial charge in [0.25, 0.3) is 5.91 Å². The lowest BCUT2D eigenvalue weighted by Crippen LogP contribution is -2.50. The molecule has 1 aromatic carbocycles. The van der Waals surface area contributed by atoms with Gasteiger partial charge in [0.15, 0.2) is 9.84 Å². The van der Waals surface area contributed by atoms with Crippen LogP contribution in [0.4, 0.5) is 0 Å². The summed E-state index contributed by atoms with van der Waals surface area (Å²) in [7, 11) is -1.94. The van der Waals surface area contributed by atoms with Crippen molar-refractivity contribution in [1.82, 2.24) is 4.90 Å². The van der Waals surface area contributed by atoms with E-state index in [1.165, 1.54) is 45.2 Å². The van der Waals surface area contributed by atoms with Gasteiger partial charge < -0.3 is 10.0 Å². The lowest BCUT2D eigenvalue weighted by atomic mass is 10.0. The molecule has 0 aromatic heterocycles. The largest absolute Gasteiger partial charge is 0.480 e. The molecule has 0 fully saturated rings. The lowest BCUT2D eigenvalue weighted by molar-refractivity contribution is -0.147. The smallest absolute Gasteiger partial charge is 0.329 e. The number of carbonyl (C=O) groups excluding carboxylic acids is 1. The fourth-order valence-electron chi connectivity index (χ4n) is 1.44. The van der Waals surface area contributed by atoms with E-state index in [1.54, 1.807) is 0 Å². The number of hydrogen-bond donors (Lipinski definition) is 1. The summed E-state index contributed by atoms with van der Waals surface area (Å²) in [5.41, 5.74) is -1.12. The van der Waals surface area contributed by atoms with Crippen LogP contribution in [0.25, 0.3) is 0 Å². The minimum atomic E-state index is -3.33. The lowest BCUT2D eigenvalue weighted by Gasteiger charge is -2.31. The van der Waals surface area contributed by atoms with E-state index < -0.39 is 27.3 Å². The Hall–Kier alpha value is -1.89. The summed E-state index contributed by atoms with van der Waals surface area (Å²) in [4.78, 5) is 24.5. The first-order valence-electron chi connectivity index (χ1n) is 5.79. The van der Waals surface area contributed by atoms with Crippen molar-refractivity contribution >= 4 is 21.7 Å². The number of likely N-dealkylation sites (N-methyl/N-ethyl adjacent to an activating group) is 1. The molecule has 110 valence electrons. The average Bonchev–Trinajstić information content (AvgIpc) is 2.35. The Morgan fingerprint density at radius 1 is 1.15 bits per heavy atom. The average molecular weight is 299 g/mol. The van der Waals surface area contributed by atoms with Crippen molar-refractivity contribution in [2.75, 3.05) is 13.3 Å². The number of hydrogen-bond acceptors (Lipinski definition) is 4. The van der Waals surface area contributed by atoms with Gasteiger partial charge in [0, 0.05) is 18.9 Å². The molecule has 0 radical (unpaired) electrons. The fraction of sp³-hybridized carbons (Fsp3) is 0.385. The molecule has 6 nitrogen and oxygen atoms in total. The summed E-state index contributed by atoms with van der Waals surface area (Å²) >= 11 is 0. The number of aliphatic carboxylic acids is 1. The molecule has 1 amide bonds. The summed E-state index contributed by atoms with van der Waals surface area (Å²) in [6.45, 7) is 2.83. The van der Waals surface area contributed by atoms with Crippen LogP contribution in [-0.4, -0.2) is 49.1 Å². The van der Waals surface area contributed by atoms with Crippen LogP contribution in [0.1, 0.15) is 24.2 Å². The van der Waals surface area contributed by atoms with Crippen LogP contribution in [0.5, 0.6) is 0 Å². The first-order valence-corrected chi connectivity index (χ1v) is 7.68. The Morgan fingerprint density at radius 2 is 1.60 bits per heavy atom. The van der Waals surface area contributed by atoms with E-state index >= 15 is 0 Å². The van der Waals surface area contributed by atoms with Crippen LogP contribution >= 0.6 is 0 Å². The van der Waals surface area contributed by atoms with Crippen molar-refractivity contribution in [3.63, 3.8) is 0 Å². The van der Waals surface area contributed by atoms with Gasteiger partial charge in [-0.1, -0.05) is 0 Å². The zero-order chi connectivity index (χ0) is 15.7. The Kier molecular flexibility index (Phi) is 4.24. The highest BCUT2D eigenvalue weighted by Gasteiger charge is 2.35. The minimum absolute atomic E-state index is 0.106. The number of nitrogens with zero attached hydrogens (tertiary/aromatic N) is 1. The molecule has 7 heteroatoms. The van der Waals surface area contributed by atoms with Crippen molar-refractivity contribution in [3.05, 3.63) is 29.8 Å². The number of carboxylic acid groups (broad SMARTS) is 1. The molecule has 0 saturated heterocycles. The van der Waals surface area contributed by atoms with Crippen LogP contribution in [0.15, 0.2) is 29.2 Å². The molecule has 0 aliphatic heterocycles. The molecule has 0 bridgehead atoms. The maximum absolute atomic E-state index is 12.2. The molecule has 1 rings (SSSR count). The maximum Gasteiger partial charge on any atom is 0.329 e. The molecular weight excluding hydrogens is 282 g/mol. The summed E-state index contributed by atoms with van der Waals surface area (Å²) in [5, 5.41) is 9.09. The normalized spacial score (nSPS) is 12.0. The summed E-state index contributed by atoms with van der Waals surface area (Å²) in [5.74, 6) is -1.61. The van der Waals surface area contributed by atoms with Crippen LogP contribution in [0.2, 0.25) is 0 Å². The van der Waals surface area contributed by atoms with Gasteiger partial charge in [-0.25, -0.2) is 13.2 Å². The third-order valence-electron chi connectivity index (χ3n) is 3.20. The van der Waals surface area contributed by atoms with Gasteiger partial charge in [-0.2, -0.15) is 0 Å². The Labute approximate surface area is 117 Å². The molecule has 0 heterocycles. The SMILES string of the molecule is CN(C(=O)c1ccc(S(C)(=O)=O)cc1)C(C)(C)C(=O)O. The third kappa shape index (κ3) is 3.16. The van der Waals surface area contributed by atoms with Gasteiger partial charge >= 0.3 is 5.97 Å². The monoisotopic (exact) mass is 299 g/mol. The topological polar surface area (TPSA) is 91.8 Å². The van der Waals surface area contributed by atoms with Crippen molar-refractivity contribution in [1.29, 1.82) is 0 Å². The number of carboxylic acids is 1. The number of sulfone groups is 1. The van der Waals surface area contributed by atoms with Crippen LogP contribution in [-0.2, 0) is 14.6 Å². The second-order valence-electron chi connectivity index (χ2n) is 5.02. The molecule has 0 atom stereocenters. The van der Waals surface area contributed by atoms with Crippen molar-refractivity contribution < 1.29 is 23.1 Å². The van der Waals surface area contributed by atoms with E-state index in [0.717, 1.165) is 11.2 Å². The predicted molar refractivity (Wildman–Crippen MR) is 73.4 cm³/mol. The first kappa shape index (κ1) is 16.2. The zero-order valence-corrected chi connectivity index (χ0v) is 12.6. The fourth-order valence-corrected chi connectivity index (χ4v) is 2.07. The van der Waals surface area contributed by atoms with Crippen molar-refractivity contribution in [2.45, 2.75) is 24.3 Å². The van der Waals surface area contributed by atoms with Crippen LogP contribution in [0, 0.1) is 0 Å². The van der Waals surface area contributed by atoms with Crippen LogP contribution in [0.3, 0.4) is 0 Å². The zero-order valence-electron chi connectivity index (χ0n) is 11.7. The molecule has 0 unspecified atom stereocenters. The maximum atomic E-state index is 12.2. The van der Waals surface area contributed by atoms with Gasteiger partial charge in [0.05, 0.1) is 4.90 Å². The second kappa shape index (κ2) is 5.24. The van der Waals surface area contributed by atoms with E-state index in [4.69, 9.17) is 5.11 Å². The van der Waals surface area contributed by atoms with Gasteiger partial charge in [-0.3, -0.25) is 4.79 Å². The number of carbonyl (C=O) groups is 2. The van der Waals surface area contributed by atoms with Gasteiger partial charge in [-0.05, 0) is 38.1 Å². The summed E-state index contributed by atoms with van der Waals surface area (Å²) in [6.07, 6.45) is 1.07. The number of rotatable bonds is 4. The van der Waals surface area contributed by atoms with Gasteiger partial charge in [-0.15, -0.1) is 0 Å². The Morgan fingerprint density at radius 3 is 1.95 bits per heavy atom. The second-order valence-corrected chi connectivity index (χ2v) is 7.04. The summed E-state index contributed by atoms with van der Waals surface area (Å²) < 4.78 is 22.6. The van der Waals surface area contributed by atoms with E-state index in [0.29, 0.717) is 0 Å². The predicted octanol–water partition coefficient (Wildman–Crippen LogP) is 1.03. The number of amides is 1. The molecule has 0 spiro atoms.